The summed E-state index contributed by atoms with van der Waals surface area (Å²) >= 11 is 5.73. The second-order valence-corrected chi connectivity index (χ2v) is 3.38. The van der Waals surface area contributed by atoms with Crippen LogP contribution in [-0.2, 0) is 0 Å². The second kappa shape index (κ2) is 2.45. The number of hydrogen-bond acceptors (Lipinski definition) is 2. The first-order valence-corrected chi connectivity index (χ1v) is 4.15. The number of aryl methyl sites for hydroxylation is 1. The van der Waals surface area contributed by atoms with Gasteiger partial charge in [-0.3, -0.25) is 0 Å². The first-order valence-electron chi connectivity index (χ1n) is 3.77. The Labute approximate surface area is 70.6 Å². The summed E-state index contributed by atoms with van der Waals surface area (Å²) in [6, 6.07) is 2.03. The molecule has 0 radical (unpaired) electrons. The van der Waals surface area contributed by atoms with Gasteiger partial charge in [0.25, 0.3) is 0 Å². The third kappa shape index (κ3) is 1.36. The third-order valence-corrected chi connectivity index (χ3v) is 2.31. The molecule has 58 valence electrons. The number of hydrogen-bond donors (Lipinski definition) is 0. The number of halogens is 1. The lowest BCUT2D eigenvalue weighted by Gasteiger charge is -1.98. The van der Waals surface area contributed by atoms with Gasteiger partial charge in [-0.15, -0.1) is 5.10 Å². The molecule has 1 aromatic heterocycles. The normalized spacial score (nSPS) is 16.9. The van der Waals surface area contributed by atoms with Gasteiger partial charge in [-0.1, -0.05) is 11.6 Å². The monoisotopic (exact) mass is 168 g/mol. The van der Waals surface area contributed by atoms with E-state index in [9.17, 15) is 0 Å². The van der Waals surface area contributed by atoms with Crippen molar-refractivity contribution in [1.29, 1.82) is 0 Å². The molecule has 1 aliphatic rings. The highest BCUT2D eigenvalue weighted by Crippen LogP contribution is 2.39. The van der Waals surface area contributed by atoms with Crippen molar-refractivity contribution in [2.75, 3.05) is 0 Å². The third-order valence-electron chi connectivity index (χ3n) is 1.94. The minimum absolute atomic E-state index is 0.523. The average Bonchev–Trinajstić information content (AvgIpc) is 2.77. The molecule has 0 aliphatic heterocycles. The number of aromatic nitrogens is 2. The molecule has 0 amide bonds. The van der Waals surface area contributed by atoms with Gasteiger partial charge in [-0.25, -0.2) is 0 Å². The Morgan fingerprint density at radius 1 is 1.45 bits per heavy atom. The van der Waals surface area contributed by atoms with Gasteiger partial charge in [0.2, 0.25) is 0 Å². The Bertz CT molecular complexity index is 281. The maximum atomic E-state index is 5.73. The molecule has 1 fully saturated rings. The van der Waals surface area contributed by atoms with Crippen LogP contribution in [-0.4, -0.2) is 10.2 Å². The van der Waals surface area contributed by atoms with Crippen LogP contribution in [0.2, 0.25) is 5.15 Å². The van der Waals surface area contributed by atoms with Crippen molar-refractivity contribution < 1.29 is 0 Å². The first-order chi connectivity index (χ1) is 5.27. The summed E-state index contributed by atoms with van der Waals surface area (Å²) in [5, 5.41) is 8.40. The van der Waals surface area contributed by atoms with Gasteiger partial charge in [0.05, 0.1) is 5.69 Å². The van der Waals surface area contributed by atoms with E-state index < -0.39 is 0 Å². The van der Waals surface area contributed by atoms with E-state index in [4.69, 9.17) is 11.6 Å². The van der Waals surface area contributed by atoms with Crippen molar-refractivity contribution >= 4 is 11.6 Å². The Morgan fingerprint density at radius 2 is 2.18 bits per heavy atom. The molecule has 1 heterocycles. The summed E-state index contributed by atoms with van der Waals surface area (Å²) in [5.74, 6) is 0.665. The van der Waals surface area contributed by atoms with Gasteiger partial charge in [-0.2, -0.15) is 5.10 Å². The molecule has 0 saturated heterocycles. The van der Waals surface area contributed by atoms with Gasteiger partial charge < -0.3 is 0 Å². The van der Waals surface area contributed by atoms with E-state index in [1.807, 2.05) is 13.0 Å². The summed E-state index contributed by atoms with van der Waals surface area (Å²) in [6.45, 7) is 1.96. The number of nitrogens with zero attached hydrogens (tertiary/aromatic N) is 2. The predicted octanol–water partition coefficient (Wildman–Crippen LogP) is 2.32. The van der Waals surface area contributed by atoms with E-state index in [0.29, 0.717) is 11.1 Å². The van der Waals surface area contributed by atoms with Crippen LogP contribution in [0.25, 0.3) is 0 Å². The summed E-state index contributed by atoms with van der Waals surface area (Å²) < 4.78 is 0. The highest BCUT2D eigenvalue weighted by molar-refractivity contribution is 6.30. The lowest BCUT2D eigenvalue weighted by atomic mass is 10.2. The van der Waals surface area contributed by atoms with E-state index in [-0.39, 0.29) is 0 Å². The lowest BCUT2D eigenvalue weighted by molar-refractivity contribution is 0.901. The standard InChI is InChI=1S/C8H9ClN2/c1-5-4-7(6-2-3-6)10-11-8(5)9/h4,6H,2-3H2,1H3. The lowest BCUT2D eigenvalue weighted by Crippen LogP contribution is -1.92. The summed E-state index contributed by atoms with van der Waals surface area (Å²) in [5.41, 5.74) is 2.13. The van der Waals surface area contributed by atoms with Crippen LogP contribution in [0.1, 0.15) is 30.0 Å². The maximum Gasteiger partial charge on any atom is 0.154 e. The van der Waals surface area contributed by atoms with Crippen molar-refractivity contribution in [2.24, 2.45) is 0 Å². The van der Waals surface area contributed by atoms with E-state index >= 15 is 0 Å². The summed E-state index contributed by atoms with van der Waals surface area (Å²) in [7, 11) is 0. The van der Waals surface area contributed by atoms with Crippen LogP contribution < -0.4 is 0 Å². The first kappa shape index (κ1) is 7.04. The van der Waals surface area contributed by atoms with Crippen molar-refractivity contribution in [3.63, 3.8) is 0 Å². The molecule has 0 spiro atoms. The van der Waals surface area contributed by atoms with Crippen molar-refractivity contribution in [3.05, 3.63) is 22.5 Å². The van der Waals surface area contributed by atoms with E-state index in [1.165, 1.54) is 12.8 Å². The highest BCUT2D eigenvalue weighted by Gasteiger charge is 2.25. The molecule has 3 heteroatoms. The van der Waals surface area contributed by atoms with Gasteiger partial charge in [0.15, 0.2) is 5.15 Å². The fourth-order valence-electron chi connectivity index (χ4n) is 1.07. The molecule has 0 unspecified atom stereocenters. The van der Waals surface area contributed by atoms with Gasteiger partial charge in [0.1, 0.15) is 0 Å². The molecule has 0 N–H and O–H groups in total. The van der Waals surface area contributed by atoms with Crippen molar-refractivity contribution in [1.82, 2.24) is 10.2 Å². The summed E-state index contributed by atoms with van der Waals surface area (Å²) in [4.78, 5) is 0. The Kier molecular flexibility index (Phi) is 1.57. The Morgan fingerprint density at radius 3 is 2.73 bits per heavy atom. The molecule has 1 saturated carbocycles. The molecule has 1 aromatic rings. The minimum atomic E-state index is 0.523. The minimum Gasteiger partial charge on any atom is -0.154 e. The highest BCUT2D eigenvalue weighted by atomic mass is 35.5. The average molecular weight is 169 g/mol. The zero-order valence-electron chi connectivity index (χ0n) is 6.34. The van der Waals surface area contributed by atoms with Crippen molar-refractivity contribution in [2.45, 2.75) is 25.7 Å². The molecular formula is C8H9ClN2. The molecule has 0 aromatic carbocycles. The maximum absolute atomic E-state index is 5.73. The molecular weight excluding hydrogens is 160 g/mol. The summed E-state index contributed by atoms with van der Waals surface area (Å²) in [6.07, 6.45) is 2.52. The van der Waals surface area contributed by atoms with Crippen LogP contribution >= 0.6 is 11.6 Å². The topological polar surface area (TPSA) is 25.8 Å². The van der Waals surface area contributed by atoms with Crippen molar-refractivity contribution in [3.8, 4) is 0 Å². The quantitative estimate of drug-likeness (QED) is 0.643. The SMILES string of the molecule is Cc1cc(C2CC2)nnc1Cl. The van der Waals surface area contributed by atoms with Crippen LogP contribution in [0.15, 0.2) is 6.07 Å². The fourth-order valence-corrected chi connectivity index (χ4v) is 1.16. The van der Waals surface area contributed by atoms with E-state index in [1.54, 1.807) is 0 Å². The van der Waals surface area contributed by atoms with Crippen LogP contribution in [0.3, 0.4) is 0 Å². The predicted molar refractivity (Wildman–Crippen MR) is 43.8 cm³/mol. The van der Waals surface area contributed by atoms with E-state index in [2.05, 4.69) is 10.2 Å². The molecule has 2 rings (SSSR count). The molecule has 11 heavy (non-hydrogen) atoms. The van der Waals surface area contributed by atoms with Gasteiger partial charge >= 0.3 is 0 Å². The molecule has 0 bridgehead atoms. The zero-order valence-corrected chi connectivity index (χ0v) is 7.10. The number of rotatable bonds is 1. The van der Waals surface area contributed by atoms with Gasteiger partial charge in [0, 0.05) is 5.92 Å². The Balaban J connectivity index is 2.36. The fraction of sp³-hybridized carbons (Fsp3) is 0.500. The van der Waals surface area contributed by atoms with Gasteiger partial charge in [-0.05, 0) is 31.4 Å². The van der Waals surface area contributed by atoms with E-state index in [0.717, 1.165) is 11.3 Å². The Hall–Kier alpha value is -0.630. The van der Waals surface area contributed by atoms with Crippen LogP contribution in [0.5, 0.6) is 0 Å². The second-order valence-electron chi connectivity index (χ2n) is 3.02. The molecule has 2 nitrogen and oxygen atoms in total. The van der Waals surface area contributed by atoms with Crippen LogP contribution in [0.4, 0.5) is 0 Å². The largest absolute Gasteiger partial charge is 0.154 e. The molecule has 0 atom stereocenters. The molecule has 1 aliphatic carbocycles. The van der Waals surface area contributed by atoms with Crippen LogP contribution in [0, 0.1) is 6.92 Å². The zero-order chi connectivity index (χ0) is 7.84. The smallest absolute Gasteiger partial charge is 0.154 e.